The van der Waals surface area contributed by atoms with E-state index in [-0.39, 0.29) is 14.9 Å². The number of aromatic carboxylic acids is 1. The maximum atomic E-state index is 12.5. The summed E-state index contributed by atoms with van der Waals surface area (Å²) in [7, 11) is -4.05. The van der Waals surface area contributed by atoms with E-state index in [4.69, 9.17) is 0 Å². The Labute approximate surface area is 126 Å². The van der Waals surface area contributed by atoms with Crippen molar-refractivity contribution in [3.05, 3.63) is 34.7 Å². The molecule has 0 aliphatic heterocycles. The van der Waals surface area contributed by atoms with Crippen molar-refractivity contribution in [1.82, 2.24) is 10.2 Å². The first-order valence-corrected chi connectivity index (χ1v) is 8.71. The minimum Gasteiger partial charge on any atom is -0.477 e. The summed E-state index contributed by atoms with van der Waals surface area (Å²) < 4.78 is 27.8. The molecule has 0 bridgehead atoms. The molecule has 10 heteroatoms. The van der Waals surface area contributed by atoms with Crippen LogP contribution in [-0.2, 0) is 10.0 Å². The number of nitrogens with one attached hydrogen (secondary N) is 1. The van der Waals surface area contributed by atoms with E-state index in [1.165, 1.54) is 5.51 Å². The average molecular weight is 341 g/mol. The Morgan fingerprint density at radius 3 is 2.71 bits per heavy atom. The number of anilines is 1. The topological polar surface area (TPSA) is 109 Å². The van der Waals surface area contributed by atoms with Gasteiger partial charge in [0, 0.05) is 10.1 Å². The lowest BCUT2D eigenvalue weighted by Gasteiger charge is -2.05. The van der Waals surface area contributed by atoms with Gasteiger partial charge in [-0.3, -0.25) is 4.72 Å². The molecule has 0 saturated heterocycles. The normalized spacial score (nSPS) is 11.6. The third-order valence-corrected chi connectivity index (χ3v) is 6.04. The lowest BCUT2D eigenvalue weighted by atomic mass is 10.2. The van der Waals surface area contributed by atoms with Gasteiger partial charge in [0.05, 0.1) is 0 Å². The van der Waals surface area contributed by atoms with Gasteiger partial charge in [-0.25, -0.2) is 13.2 Å². The summed E-state index contributed by atoms with van der Waals surface area (Å²) in [5.74, 6) is -1.28. The van der Waals surface area contributed by atoms with Crippen molar-refractivity contribution in [2.45, 2.75) is 4.90 Å². The molecule has 1 aromatic carbocycles. The van der Waals surface area contributed by atoms with Gasteiger partial charge in [0.2, 0.25) is 5.13 Å². The first kappa shape index (κ1) is 13.9. The highest BCUT2D eigenvalue weighted by Crippen LogP contribution is 2.35. The van der Waals surface area contributed by atoms with Gasteiger partial charge in [0.15, 0.2) is 0 Å². The van der Waals surface area contributed by atoms with Gasteiger partial charge in [-0.05, 0) is 6.07 Å². The van der Waals surface area contributed by atoms with Crippen molar-refractivity contribution < 1.29 is 18.3 Å². The van der Waals surface area contributed by atoms with Gasteiger partial charge in [0.25, 0.3) is 10.0 Å². The van der Waals surface area contributed by atoms with Crippen molar-refractivity contribution in [3.8, 4) is 0 Å². The number of carboxylic acids is 1. The molecule has 0 amide bonds. The van der Waals surface area contributed by atoms with Crippen LogP contribution in [-0.4, -0.2) is 29.7 Å². The molecule has 3 rings (SSSR count). The summed E-state index contributed by atoms with van der Waals surface area (Å²) >= 11 is 1.93. The van der Waals surface area contributed by atoms with Gasteiger partial charge >= 0.3 is 5.97 Å². The number of fused-ring (bicyclic) bond motifs is 1. The number of carboxylic acid groups (broad SMARTS) is 1. The summed E-state index contributed by atoms with van der Waals surface area (Å²) in [6.07, 6.45) is 0. The maximum absolute atomic E-state index is 12.5. The number of thiophene rings is 1. The zero-order chi connectivity index (χ0) is 15.0. The zero-order valence-electron chi connectivity index (χ0n) is 10.2. The van der Waals surface area contributed by atoms with E-state index in [0.717, 1.165) is 22.7 Å². The van der Waals surface area contributed by atoms with Crippen molar-refractivity contribution in [2.24, 2.45) is 0 Å². The smallest absolute Gasteiger partial charge is 0.347 e. The van der Waals surface area contributed by atoms with Crippen LogP contribution in [0.15, 0.2) is 34.7 Å². The second-order valence-corrected chi connectivity index (χ2v) is 7.42. The van der Waals surface area contributed by atoms with Gasteiger partial charge in [-0.15, -0.1) is 21.5 Å². The summed E-state index contributed by atoms with van der Waals surface area (Å²) in [6, 6.07) is 6.63. The van der Waals surface area contributed by atoms with E-state index in [1.807, 2.05) is 0 Å². The minimum atomic E-state index is -4.05. The molecule has 108 valence electrons. The van der Waals surface area contributed by atoms with Crippen molar-refractivity contribution >= 4 is 53.9 Å². The molecule has 2 aromatic heterocycles. The van der Waals surface area contributed by atoms with Crippen LogP contribution in [0.5, 0.6) is 0 Å². The van der Waals surface area contributed by atoms with Crippen LogP contribution in [0.2, 0.25) is 0 Å². The Morgan fingerprint density at radius 2 is 2.05 bits per heavy atom. The van der Waals surface area contributed by atoms with E-state index < -0.39 is 16.0 Å². The molecule has 0 aliphatic rings. The highest BCUT2D eigenvalue weighted by atomic mass is 32.2. The Morgan fingerprint density at radius 1 is 1.29 bits per heavy atom. The molecular formula is C11H7N3O4S3. The molecule has 0 unspecified atom stereocenters. The monoisotopic (exact) mass is 341 g/mol. The molecule has 7 nitrogen and oxygen atoms in total. The quantitative estimate of drug-likeness (QED) is 0.753. The van der Waals surface area contributed by atoms with E-state index in [1.54, 1.807) is 24.3 Å². The van der Waals surface area contributed by atoms with Crippen LogP contribution in [0.25, 0.3) is 10.1 Å². The minimum absolute atomic E-state index is 0.0848. The molecule has 3 aromatic rings. The standard InChI is InChI=1S/C11H7N3O4S3/c15-10(16)8-9(6-3-1-2-4-7(6)20-8)21(17,18)14-11-13-12-5-19-11/h1-5H,(H,13,14)(H,15,16). The highest BCUT2D eigenvalue weighted by Gasteiger charge is 2.28. The molecule has 0 spiro atoms. The number of rotatable bonds is 4. The molecule has 0 aliphatic carbocycles. The number of hydrogen-bond donors (Lipinski definition) is 2. The van der Waals surface area contributed by atoms with Crippen molar-refractivity contribution in [3.63, 3.8) is 0 Å². The van der Waals surface area contributed by atoms with Gasteiger partial charge < -0.3 is 5.11 Å². The Kier molecular flexibility index (Phi) is 3.35. The van der Waals surface area contributed by atoms with Gasteiger partial charge in [-0.2, -0.15) is 0 Å². The summed E-state index contributed by atoms with van der Waals surface area (Å²) in [4.78, 5) is 10.9. The fourth-order valence-electron chi connectivity index (χ4n) is 1.81. The SMILES string of the molecule is O=C(O)c1sc2ccccc2c1S(=O)(=O)Nc1nncs1. The maximum Gasteiger partial charge on any atom is 0.347 e. The predicted molar refractivity (Wildman–Crippen MR) is 79.5 cm³/mol. The van der Waals surface area contributed by atoms with Gasteiger partial charge in [0.1, 0.15) is 15.3 Å². The van der Waals surface area contributed by atoms with E-state index >= 15 is 0 Å². The first-order valence-electron chi connectivity index (χ1n) is 5.53. The molecule has 0 radical (unpaired) electrons. The fraction of sp³-hybridized carbons (Fsp3) is 0. The molecule has 0 atom stereocenters. The highest BCUT2D eigenvalue weighted by molar-refractivity contribution is 7.93. The Balaban J connectivity index is 2.22. The molecule has 21 heavy (non-hydrogen) atoms. The second kappa shape index (κ2) is 5.06. The van der Waals surface area contributed by atoms with E-state index in [9.17, 15) is 18.3 Å². The number of aromatic nitrogens is 2. The summed E-state index contributed by atoms with van der Waals surface area (Å²) in [6.45, 7) is 0. The summed E-state index contributed by atoms with van der Waals surface area (Å²) in [5, 5.41) is 16.8. The Bertz CT molecular complexity index is 916. The molecule has 2 heterocycles. The van der Waals surface area contributed by atoms with Crippen LogP contribution >= 0.6 is 22.7 Å². The predicted octanol–water partition coefficient (Wildman–Crippen LogP) is 2.25. The molecule has 0 fully saturated rings. The first-order chi connectivity index (χ1) is 9.99. The van der Waals surface area contributed by atoms with E-state index in [0.29, 0.717) is 10.1 Å². The van der Waals surface area contributed by atoms with Crippen LogP contribution in [0.1, 0.15) is 9.67 Å². The number of sulfonamides is 1. The summed E-state index contributed by atoms with van der Waals surface area (Å²) in [5.41, 5.74) is 1.38. The third kappa shape index (κ3) is 2.48. The largest absolute Gasteiger partial charge is 0.477 e. The number of nitrogens with zero attached hydrogens (tertiary/aromatic N) is 2. The molecular weight excluding hydrogens is 334 g/mol. The number of benzene rings is 1. The number of hydrogen-bond acceptors (Lipinski definition) is 7. The third-order valence-electron chi connectivity index (χ3n) is 2.59. The fourth-order valence-corrected chi connectivity index (χ4v) is 5.25. The van der Waals surface area contributed by atoms with Gasteiger partial charge in [-0.1, -0.05) is 29.5 Å². The van der Waals surface area contributed by atoms with Crippen LogP contribution in [0.4, 0.5) is 5.13 Å². The lowest BCUT2D eigenvalue weighted by Crippen LogP contribution is -2.15. The van der Waals surface area contributed by atoms with Crippen LogP contribution in [0, 0.1) is 0 Å². The average Bonchev–Trinajstić information content (AvgIpc) is 3.04. The van der Waals surface area contributed by atoms with Crippen molar-refractivity contribution in [1.29, 1.82) is 0 Å². The van der Waals surface area contributed by atoms with E-state index in [2.05, 4.69) is 14.9 Å². The van der Waals surface area contributed by atoms with Crippen LogP contribution in [0.3, 0.4) is 0 Å². The zero-order valence-corrected chi connectivity index (χ0v) is 12.6. The Hall–Kier alpha value is -2.04. The molecule has 0 saturated carbocycles. The second-order valence-electron chi connectivity index (χ2n) is 3.91. The van der Waals surface area contributed by atoms with Crippen LogP contribution < -0.4 is 4.72 Å². The molecule has 2 N–H and O–H groups in total. The van der Waals surface area contributed by atoms with Crippen molar-refractivity contribution in [2.75, 3.05) is 4.72 Å². The lowest BCUT2D eigenvalue weighted by molar-refractivity contribution is 0.0698. The number of carbonyl (C=O) groups is 1.